The molecule has 1 aromatic heterocycles. The summed E-state index contributed by atoms with van der Waals surface area (Å²) in [6.45, 7) is 0. The molecule has 0 fully saturated rings. The molecule has 2 rings (SSSR count). The number of aromatic nitrogens is 1. The minimum Gasteiger partial charge on any atom is -0.387 e. The molecule has 1 atom stereocenters. The number of halogens is 1. The molecule has 2 N–H and O–H groups in total. The second-order valence-corrected chi connectivity index (χ2v) is 4.44. The molecule has 0 aliphatic heterocycles. The fourth-order valence-corrected chi connectivity index (χ4v) is 2.57. The van der Waals surface area contributed by atoms with Crippen molar-refractivity contribution in [1.29, 1.82) is 0 Å². The Morgan fingerprint density at radius 2 is 2.38 bits per heavy atom. The summed E-state index contributed by atoms with van der Waals surface area (Å²) in [5, 5.41) is 9.64. The molecule has 13 heavy (non-hydrogen) atoms. The molecule has 0 saturated carbocycles. The van der Waals surface area contributed by atoms with Gasteiger partial charge in [-0.1, -0.05) is 0 Å². The van der Waals surface area contributed by atoms with E-state index < -0.39 is 6.10 Å². The molecule has 0 aromatic carbocycles. The summed E-state index contributed by atoms with van der Waals surface area (Å²) in [7, 11) is 0. The summed E-state index contributed by atoms with van der Waals surface area (Å²) in [6, 6.07) is 1.58. The van der Waals surface area contributed by atoms with Crippen LogP contribution in [0.25, 0.3) is 0 Å². The van der Waals surface area contributed by atoms with E-state index in [1.807, 2.05) is 0 Å². The van der Waals surface area contributed by atoms with Gasteiger partial charge in [0.1, 0.15) is 0 Å². The van der Waals surface area contributed by atoms with Gasteiger partial charge in [-0.3, -0.25) is 4.79 Å². The highest BCUT2D eigenvalue weighted by Gasteiger charge is 2.20. The van der Waals surface area contributed by atoms with Gasteiger partial charge in [-0.2, -0.15) is 0 Å². The van der Waals surface area contributed by atoms with Crippen LogP contribution in [0.1, 0.15) is 30.2 Å². The monoisotopic (exact) mass is 291 g/mol. The number of nitrogens with one attached hydrogen (secondary N) is 1. The van der Waals surface area contributed by atoms with Crippen molar-refractivity contribution in [2.24, 2.45) is 0 Å². The highest BCUT2D eigenvalue weighted by molar-refractivity contribution is 14.1. The molecule has 70 valence electrons. The summed E-state index contributed by atoms with van der Waals surface area (Å²) in [6.07, 6.45) is 2.23. The normalized spacial score (nSPS) is 21.2. The third-order valence-electron chi connectivity index (χ3n) is 2.37. The van der Waals surface area contributed by atoms with E-state index in [-0.39, 0.29) is 5.56 Å². The first-order valence-electron chi connectivity index (χ1n) is 4.28. The van der Waals surface area contributed by atoms with Gasteiger partial charge in [0.15, 0.2) is 0 Å². The van der Waals surface area contributed by atoms with Gasteiger partial charge < -0.3 is 10.1 Å². The molecule has 1 aliphatic carbocycles. The summed E-state index contributed by atoms with van der Waals surface area (Å²) in [5.41, 5.74) is 1.71. The van der Waals surface area contributed by atoms with Crippen LogP contribution < -0.4 is 5.56 Å². The van der Waals surface area contributed by atoms with E-state index >= 15 is 0 Å². The van der Waals surface area contributed by atoms with Crippen LogP contribution in [0, 0.1) is 3.57 Å². The first-order chi connectivity index (χ1) is 6.18. The van der Waals surface area contributed by atoms with Crippen LogP contribution in [0.3, 0.4) is 0 Å². The fourth-order valence-electron chi connectivity index (χ4n) is 1.73. The summed E-state index contributed by atoms with van der Waals surface area (Å²) < 4.78 is 0.968. The molecule has 1 aliphatic rings. The predicted octanol–water partition coefficient (Wildman–Crippen LogP) is 1.35. The number of aliphatic hydroxyl groups is 1. The molecule has 0 radical (unpaired) electrons. The zero-order chi connectivity index (χ0) is 9.42. The topological polar surface area (TPSA) is 53.1 Å². The Kier molecular flexibility index (Phi) is 2.42. The van der Waals surface area contributed by atoms with Crippen molar-refractivity contribution in [2.75, 3.05) is 0 Å². The van der Waals surface area contributed by atoms with Crippen LogP contribution in [0.2, 0.25) is 0 Å². The number of pyridine rings is 1. The maximum Gasteiger partial charge on any atom is 0.249 e. The number of H-pyrrole nitrogens is 1. The molecule has 1 unspecified atom stereocenters. The lowest BCUT2D eigenvalue weighted by atomic mass is 9.94. The number of aliphatic hydroxyl groups excluding tert-OH is 1. The summed E-state index contributed by atoms with van der Waals surface area (Å²) in [5.74, 6) is 0. The third kappa shape index (κ3) is 1.65. The van der Waals surface area contributed by atoms with Gasteiger partial charge in [0, 0.05) is 9.64 Å². The first-order valence-corrected chi connectivity index (χ1v) is 5.36. The predicted molar refractivity (Wildman–Crippen MR) is 57.7 cm³/mol. The van der Waals surface area contributed by atoms with E-state index in [2.05, 4.69) is 27.6 Å². The van der Waals surface area contributed by atoms with Crippen LogP contribution in [0.5, 0.6) is 0 Å². The highest BCUT2D eigenvalue weighted by Crippen LogP contribution is 2.29. The molecule has 3 nitrogen and oxygen atoms in total. The van der Waals surface area contributed by atoms with Crippen LogP contribution in [0.4, 0.5) is 0 Å². The van der Waals surface area contributed by atoms with Crippen molar-refractivity contribution in [3.8, 4) is 0 Å². The van der Waals surface area contributed by atoms with Gasteiger partial charge >= 0.3 is 0 Å². The Labute approximate surface area is 89.3 Å². The van der Waals surface area contributed by atoms with Crippen molar-refractivity contribution < 1.29 is 5.11 Å². The lowest BCUT2D eigenvalue weighted by molar-refractivity contribution is 0.151. The van der Waals surface area contributed by atoms with E-state index in [0.29, 0.717) is 0 Å². The van der Waals surface area contributed by atoms with Crippen LogP contribution >= 0.6 is 22.6 Å². The molecule has 4 heteroatoms. The van der Waals surface area contributed by atoms with E-state index in [1.54, 1.807) is 6.07 Å². The maximum atomic E-state index is 11.1. The van der Waals surface area contributed by atoms with Crippen molar-refractivity contribution in [3.63, 3.8) is 0 Å². The van der Waals surface area contributed by atoms with Crippen molar-refractivity contribution in [3.05, 3.63) is 31.2 Å². The number of aromatic amines is 1. The molecule has 0 bridgehead atoms. The van der Waals surface area contributed by atoms with Gasteiger partial charge in [0.2, 0.25) is 5.56 Å². The maximum absolute atomic E-state index is 11.1. The molecule has 0 saturated heterocycles. The number of hydrogen-bond donors (Lipinski definition) is 2. The Morgan fingerprint density at radius 3 is 3.15 bits per heavy atom. The van der Waals surface area contributed by atoms with Crippen LogP contribution in [-0.4, -0.2) is 10.1 Å². The molecule has 0 spiro atoms. The number of hydrogen-bond acceptors (Lipinski definition) is 2. The van der Waals surface area contributed by atoms with Gasteiger partial charge in [-0.05, 0) is 47.4 Å². The van der Waals surface area contributed by atoms with Crippen LogP contribution in [-0.2, 0) is 6.42 Å². The third-order valence-corrected chi connectivity index (χ3v) is 3.33. The average Bonchev–Trinajstić information content (AvgIpc) is 2.07. The SMILES string of the molecule is O=c1cc(I)c2c([nH]1)C(O)CCC2. The van der Waals surface area contributed by atoms with E-state index in [4.69, 9.17) is 0 Å². The number of fused-ring (bicyclic) bond motifs is 1. The molecule has 0 amide bonds. The molecular formula is C9H10INO2. The lowest BCUT2D eigenvalue weighted by Gasteiger charge is -2.21. The van der Waals surface area contributed by atoms with Gasteiger partial charge in [0.25, 0.3) is 0 Å². The Hall–Kier alpha value is -0.360. The van der Waals surface area contributed by atoms with Crippen molar-refractivity contribution in [2.45, 2.75) is 25.4 Å². The highest BCUT2D eigenvalue weighted by atomic mass is 127. The minimum atomic E-state index is -0.480. The Balaban J connectivity index is 2.63. The smallest absolute Gasteiger partial charge is 0.249 e. The fraction of sp³-hybridized carbons (Fsp3) is 0.444. The average molecular weight is 291 g/mol. The Bertz CT molecular complexity index is 386. The second-order valence-electron chi connectivity index (χ2n) is 3.28. The zero-order valence-corrected chi connectivity index (χ0v) is 9.17. The molecule has 1 heterocycles. The molecule has 1 aromatic rings. The summed E-state index contributed by atoms with van der Waals surface area (Å²) in [4.78, 5) is 13.8. The van der Waals surface area contributed by atoms with E-state index in [0.717, 1.165) is 34.1 Å². The lowest BCUT2D eigenvalue weighted by Crippen LogP contribution is -2.19. The standard InChI is InChI=1S/C9H10INO2/c10-6-4-8(13)11-9-5(6)2-1-3-7(9)12/h4,7,12H,1-3H2,(H,11,13). The molecular weight excluding hydrogens is 281 g/mol. The van der Waals surface area contributed by atoms with Crippen molar-refractivity contribution in [1.82, 2.24) is 4.98 Å². The quantitative estimate of drug-likeness (QED) is 0.709. The van der Waals surface area contributed by atoms with E-state index in [9.17, 15) is 9.90 Å². The van der Waals surface area contributed by atoms with Crippen LogP contribution in [0.15, 0.2) is 10.9 Å². The van der Waals surface area contributed by atoms with Gasteiger partial charge in [-0.15, -0.1) is 0 Å². The largest absolute Gasteiger partial charge is 0.387 e. The minimum absolute atomic E-state index is 0.121. The first kappa shape index (κ1) is 9.21. The van der Waals surface area contributed by atoms with Gasteiger partial charge in [-0.25, -0.2) is 0 Å². The van der Waals surface area contributed by atoms with Crippen molar-refractivity contribution >= 4 is 22.6 Å². The second kappa shape index (κ2) is 3.42. The Morgan fingerprint density at radius 1 is 1.62 bits per heavy atom. The zero-order valence-electron chi connectivity index (χ0n) is 7.01. The summed E-state index contributed by atoms with van der Waals surface area (Å²) >= 11 is 2.15. The van der Waals surface area contributed by atoms with Gasteiger partial charge in [0.05, 0.1) is 11.8 Å². The number of rotatable bonds is 0. The van der Waals surface area contributed by atoms with E-state index in [1.165, 1.54) is 0 Å².